The van der Waals surface area contributed by atoms with E-state index >= 15 is 0 Å². The van der Waals surface area contributed by atoms with Crippen LogP contribution in [0.3, 0.4) is 0 Å². The van der Waals surface area contributed by atoms with Crippen molar-refractivity contribution in [3.05, 3.63) is 11.4 Å². The van der Waals surface area contributed by atoms with E-state index in [2.05, 4.69) is 5.10 Å². The van der Waals surface area contributed by atoms with Crippen molar-refractivity contribution in [3.8, 4) is 0 Å². The van der Waals surface area contributed by atoms with Crippen LogP contribution >= 0.6 is 11.6 Å². The smallest absolute Gasteiger partial charge is 0.246 e. The number of aromatic nitrogens is 2. The summed E-state index contributed by atoms with van der Waals surface area (Å²) in [7, 11) is -1.83. The van der Waals surface area contributed by atoms with Gasteiger partial charge in [0.1, 0.15) is 4.90 Å². The summed E-state index contributed by atoms with van der Waals surface area (Å²) in [5, 5.41) is 4.29. The summed E-state index contributed by atoms with van der Waals surface area (Å²) < 4.78 is 28.8. The second kappa shape index (κ2) is 5.66. The molecule has 0 spiro atoms. The van der Waals surface area contributed by atoms with Crippen LogP contribution in [0.4, 0.5) is 0 Å². The number of rotatable bonds is 6. The van der Waals surface area contributed by atoms with Crippen LogP contribution in [0.2, 0.25) is 0 Å². The largest absolute Gasteiger partial charge is 0.267 e. The van der Waals surface area contributed by atoms with E-state index in [0.717, 1.165) is 12.8 Å². The van der Waals surface area contributed by atoms with Gasteiger partial charge in [-0.1, -0.05) is 0 Å². The number of hydrogen-bond donors (Lipinski definition) is 0. The van der Waals surface area contributed by atoms with Gasteiger partial charge in [0.15, 0.2) is 0 Å². The molecule has 1 aromatic heterocycles. The van der Waals surface area contributed by atoms with Gasteiger partial charge >= 0.3 is 0 Å². The molecule has 0 bridgehead atoms. The maximum absolute atomic E-state index is 12.8. The summed E-state index contributed by atoms with van der Waals surface area (Å²) >= 11 is 5.73. The van der Waals surface area contributed by atoms with E-state index in [-0.39, 0.29) is 6.04 Å². The van der Waals surface area contributed by atoms with E-state index in [4.69, 9.17) is 11.6 Å². The molecule has 0 amide bonds. The van der Waals surface area contributed by atoms with Gasteiger partial charge in [0.2, 0.25) is 10.0 Å². The van der Waals surface area contributed by atoms with E-state index < -0.39 is 10.0 Å². The number of hydrogen-bond acceptors (Lipinski definition) is 3. The molecule has 1 fully saturated rings. The van der Waals surface area contributed by atoms with Gasteiger partial charge in [-0.25, -0.2) is 8.42 Å². The van der Waals surface area contributed by atoms with Crippen LogP contribution in [0.1, 0.15) is 31.2 Å². The third kappa shape index (κ3) is 2.73. The maximum atomic E-state index is 12.8. The second-order valence-electron chi connectivity index (χ2n) is 5.51. The zero-order chi connectivity index (χ0) is 15.1. The molecule has 1 atom stereocenters. The predicted molar refractivity (Wildman–Crippen MR) is 79.6 cm³/mol. The van der Waals surface area contributed by atoms with Gasteiger partial charge in [0.25, 0.3) is 0 Å². The van der Waals surface area contributed by atoms with Gasteiger partial charge in [-0.15, -0.1) is 11.6 Å². The molecule has 1 aliphatic rings. The molecule has 1 unspecified atom stereocenters. The number of aryl methyl sites for hydroxylation is 2. The fourth-order valence-corrected chi connectivity index (χ4v) is 4.54. The molecule has 1 aromatic rings. The Morgan fingerprint density at radius 2 is 2.05 bits per heavy atom. The van der Waals surface area contributed by atoms with Gasteiger partial charge in [0.05, 0.1) is 17.9 Å². The first kappa shape index (κ1) is 15.8. The summed E-state index contributed by atoms with van der Waals surface area (Å²) in [4.78, 5) is 0.331. The lowest BCUT2D eigenvalue weighted by molar-refractivity contribution is 0.356. The first-order chi connectivity index (χ1) is 9.30. The molecule has 0 N–H and O–H groups in total. The Labute approximate surface area is 126 Å². The minimum atomic E-state index is -3.50. The zero-order valence-electron chi connectivity index (χ0n) is 12.4. The molecule has 0 radical (unpaired) electrons. The van der Waals surface area contributed by atoms with E-state index in [1.54, 1.807) is 25.6 Å². The summed E-state index contributed by atoms with van der Waals surface area (Å²) in [5.41, 5.74) is 1.21. The third-order valence-electron chi connectivity index (χ3n) is 4.13. The van der Waals surface area contributed by atoms with Crippen LogP contribution in [0.15, 0.2) is 4.90 Å². The average Bonchev–Trinajstić information content (AvgIpc) is 3.16. The van der Waals surface area contributed by atoms with E-state index in [1.165, 1.54) is 4.31 Å². The molecule has 2 rings (SSSR count). The molecule has 114 valence electrons. The van der Waals surface area contributed by atoms with Crippen molar-refractivity contribution < 1.29 is 8.42 Å². The molecule has 1 saturated carbocycles. The molecular formula is C13H22ClN3O2S. The average molecular weight is 320 g/mol. The van der Waals surface area contributed by atoms with Crippen molar-refractivity contribution in [2.45, 2.75) is 51.1 Å². The van der Waals surface area contributed by atoms with Crippen molar-refractivity contribution in [2.24, 2.45) is 5.92 Å². The molecule has 5 nitrogen and oxygen atoms in total. The number of alkyl halides is 1. The Morgan fingerprint density at radius 1 is 1.45 bits per heavy atom. The fourth-order valence-electron chi connectivity index (χ4n) is 2.59. The van der Waals surface area contributed by atoms with Crippen LogP contribution in [-0.4, -0.2) is 41.5 Å². The van der Waals surface area contributed by atoms with Crippen molar-refractivity contribution in [1.29, 1.82) is 0 Å². The highest BCUT2D eigenvalue weighted by Crippen LogP contribution is 2.37. The highest BCUT2D eigenvalue weighted by Gasteiger charge is 2.38. The van der Waals surface area contributed by atoms with Crippen LogP contribution in [-0.2, 0) is 16.6 Å². The molecular weight excluding hydrogens is 298 g/mol. The number of halogens is 1. The minimum absolute atomic E-state index is 0.0372. The number of nitrogens with zero attached hydrogens (tertiary/aromatic N) is 3. The summed E-state index contributed by atoms with van der Waals surface area (Å²) in [6.45, 7) is 6.02. The number of sulfonamides is 1. The van der Waals surface area contributed by atoms with Gasteiger partial charge < -0.3 is 0 Å². The van der Waals surface area contributed by atoms with Gasteiger partial charge in [-0.05, 0) is 39.5 Å². The second-order valence-corrected chi connectivity index (χ2v) is 7.82. The van der Waals surface area contributed by atoms with Gasteiger partial charge in [-0.2, -0.15) is 9.40 Å². The molecule has 1 heterocycles. The Morgan fingerprint density at radius 3 is 2.55 bits per heavy atom. The quantitative estimate of drug-likeness (QED) is 0.755. The lowest BCUT2D eigenvalue weighted by Gasteiger charge is -2.24. The Bertz CT molecular complexity index is 593. The summed E-state index contributed by atoms with van der Waals surface area (Å²) in [6.07, 6.45) is 2.23. The summed E-state index contributed by atoms with van der Waals surface area (Å²) in [6, 6.07) is 0.0372. The van der Waals surface area contributed by atoms with Crippen LogP contribution in [0.25, 0.3) is 0 Å². The van der Waals surface area contributed by atoms with Crippen molar-refractivity contribution in [2.75, 3.05) is 12.9 Å². The SMILES string of the molecule is Cc1nn(CCCl)c(C)c1S(=O)(=O)N(C)C(C)C1CC1. The molecule has 0 saturated heterocycles. The van der Waals surface area contributed by atoms with E-state index in [1.807, 2.05) is 6.92 Å². The monoisotopic (exact) mass is 319 g/mol. The molecule has 0 aromatic carbocycles. The Balaban J connectivity index is 2.38. The first-order valence-electron chi connectivity index (χ1n) is 6.88. The molecule has 0 aliphatic heterocycles. The fraction of sp³-hybridized carbons (Fsp3) is 0.769. The van der Waals surface area contributed by atoms with E-state index in [0.29, 0.717) is 34.6 Å². The highest BCUT2D eigenvalue weighted by atomic mass is 35.5. The Hall–Kier alpha value is -0.590. The summed E-state index contributed by atoms with van der Waals surface area (Å²) in [5.74, 6) is 0.906. The van der Waals surface area contributed by atoms with E-state index in [9.17, 15) is 8.42 Å². The van der Waals surface area contributed by atoms with Crippen molar-refractivity contribution in [3.63, 3.8) is 0 Å². The maximum Gasteiger partial charge on any atom is 0.246 e. The lowest BCUT2D eigenvalue weighted by atomic mass is 10.2. The lowest BCUT2D eigenvalue weighted by Crippen LogP contribution is -2.36. The first-order valence-corrected chi connectivity index (χ1v) is 8.86. The Kier molecular flexibility index (Phi) is 4.47. The predicted octanol–water partition coefficient (Wildman–Crippen LogP) is 2.16. The van der Waals surface area contributed by atoms with Crippen molar-refractivity contribution >= 4 is 21.6 Å². The van der Waals surface area contributed by atoms with Crippen LogP contribution < -0.4 is 0 Å². The van der Waals surface area contributed by atoms with Crippen LogP contribution in [0.5, 0.6) is 0 Å². The van der Waals surface area contributed by atoms with Crippen molar-refractivity contribution in [1.82, 2.24) is 14.1 Å². The normalized spacial score (nSPS) is 17.7. The minimum Gasteiger partial charge on any atom is -0.267 e. The molecule has 1 aliphatic carbocycles. The molecule has 7 heteroatoms. The third-order valence-corrected chi connectivity index (χ3v) is 6.49. The molecule has 20 heavy (non-hydrogen) atoms. The highest BCUT2D eigenvalue weighted by molar-refractivity contribution is 7.89. The van der Waals surface area contributed by atoms with Gasteiger partial charge in [0, 0.05) is 19.0 Å². The topological polar surface area (TPSA) is 55.2 Å². The van der Waals surface area contributed by atoms with Crippen LogP contribution in [0, 0.1) is 19.8 Å². The van der Waals surface area contributed by atoms with Gasteiger partial charge in [-0.3, -0.25) is 4.68 Å². The standard InChI is InChI=1S/C13H22ClN3O2S/c1-9-13(11(3)17(15-9)8-7-14)20(18,19)16(4)10(2)12-5-6-12/h10,12H,5-8H2,1-4H3. The zero-order valence-corrected chi connectivity index (χ0v) is 14.0.